The van der Waals surface area contributed by atoms with E-state index in [1.54, 1.807) is 12.1 Å². The van der Waals surface area contributed by atoms with Crippen LogP contribution < -0.4 is 9.47 Å². The lowest BCUT2D eigenvalue weighted by molar-refractivity contribution is 0.0699. The largest absolute Gasteiger partial charge is 0.493 e. The van der Waals surface area contributed by atoms with Crippen LogP contribution in [0.5, 0.6) is 23.0 Å². The van der Waals surface area contributed by atoms with E-state index < -0.39 is 5.97 Å². The van der Waals surface area contributed by atoms with Crippen molar-refractivity contribution < 1.29 is 24.5 Å². The van der Waals surface area contributed by atoms with Gasteiger partial charge < -0.3 is 19.7 Å². The lowest BCUT2D eigenvalue weighted by Gasteiger charge is -2.22. The van der Waals surface area contributed by atoms with Crippen LogP contribution in [0.3, 0.4) is 0 Å². The topological polar surface area (TPSA) is 88.4 Å². The molecule has 0 aliphatic rings. The third-order valence-corrected chi connectivity index (χ3v) is 8.65. The predicted octanol–water partition coefficient (Wildman–Crippen LogP) is 11.3. The third-order valence-electron chi connectivity index (χ3n) is 8.65. The molecule has 0 spiro atoms. The number of ether oxygens (including phenoxy) is 2. The number of para-hydroxylation sites is 2. The zero-order valence-corrected chi connectivity index (χ0v) is 26.2. The second kappa shape index (κ2) is 11.4. The number of hydrogen-bond donors (Lipinski definition) is 2. The first-order chi connectivity index (χ1) is 23.4. The fourth-order valence-corrected chi connectivity index (χ4v) is 6.80. The van der Waals surface area contributed by atoms with E-state index in [2.05, 4.69) is 11.1 Å². The lowest BCUT2D eigenvalue weighted by atomic mass is 9.85. The van der Waals surface area contributed by atoms with E-state index in [0.717, 1.165) is 43.4 Å². The number of carbonyl (C=O) groups is 1. The Bertz CT molecular complexity index is 2540. The Kier molecular flexibility index (Phi) is 6.92. The van der Waals surface area contributed by atoms with Crippen LogP contribution in [-0.4, -0.2) is 22.1 Å². The van der Waals surface area contributed by atoms with Gasteiger partial charge in [-0.3, -0.25) is 0 Å². The Balaban J connectivity index is 1.55. The minimum absolute atomic E-state index is 0.0375. The molecular formula is C42H29NO5. The van der Waals surface area contributed by atoms with Gasteiger partial charge in [0.15, 0.2) is 0 Å². The van der Waals surface area contributed by atoms with Crippen LogP contribution in [0, 0.1) is 13.8 Å². The van der Waals surface area contributed by atoms with E-state index >= 15 is 0 Å². The first-order valence-corrected chi connectivity index (χ1v) is 15.6. The van der Waals surface area contributed by atoms with Gasteiger partial charge in [0.25, 0.3) is 0 Å². The van der Waals surface area contributed by atoms with Gasteiger partial charge >= 0.3 is 5.97 Å². The van der Waals surface area contributed by atoms with Crippen molar-refractivity contribution in [1.29, 1.82) is 0 Å². The highest BCUT2D eigenvalue weighted by atomic mass is 16.5. The van der Waals surface area contributed by atoms with Crippen LogP contribution in [0.1, 0.15) is 27.0 Å². The Hall–Kier alpha value is -6.40. The van der Waals surface area contributed by atoms with Gasteiger partial charge in [0.2, 0.25) is 5.90 Å². The molecule has 8 aromatic carbocycles. The molecule has 2 N–H and O–H groups in total. The Morgan fingerprint density at radius 2 is 1.17 bits per heavy atom. The van der Waals surface area contributed by atoms with E-state index in [4.69, 9.17) is 9.47 Å². The van der Waals surface area contributed by atoms with Crippen molar-refractivity contribution in [2.45, 2.75) is 13.8 Å². The van der Waals surface area contributed by atoms with Gasteiger partial charge in [-0.05, 0) is 95.7 Å². The fourth-order valence-electron chi connectivity index (χ4n) is 6.80. The standard InChI is InChI=1S/C42H29NO5/c1-24-20-25(2)22-27(21-24)43-41(44)33-23-35(48-29-13-7-4-8-14-29)39-30-15-9-10-26-16-19-34(47-28-11-5-3-6-12-28)38(36(26)30)31-17-18-32(42(45)46)37(33)40(31)39/h3-23H,1-2H3,(H,43,44)(H,45,46). The van der Waals surface area contributed by atoms with Gasteiger partial charge in [0.05, 0.1) is 11.3 Å². The van der Waals surface area contributed by atoms with E-state index in [-0.39, 0.29) is 17.0 Å². The molecule has 0 radical (unpaired) electrons. The number of aryl methyl sites for hydroxylation is 2. The summed E-state index contributed by atoms with van der Waals surface area (Å²) < 4.78 is 13.1. The van der Waals surface area contributed by atoms with Gasteiger partial charge in [0, 0.05) is 32.5 Å². The summed E-state index contributed by atoms with van der Waals surface area (Å²) in [6.45, 7) is 3.93. The highest BCUT2D eigenvalue weighted by Crippen LogP contribution is 2.50. The number of hydrogen-bond acceptors (Lipinski definition) is 4. The average molecular weight is 628 g/mol. The van der Waals surface area contributed by atoms with Crippen molar-refractivity contribution in [1.82, 2.24) is 0 Å². The van der Waals surface area contributed by atoms with E-state index in [1.807, 2.05) is 123 Å². The van der Waals surface area contributed by atoms with E-state index in [0.29, 0.717) is 39.5 Å². The number of carboxylic acids is 1. The number of fused-ring (bicyclic) bond motifs is 2. The molecular weight excluding hydrogens is 598 g/mol. The second-order valence-electron chi connectivity index (χ2n) is 12.0. The molecule has 0 saturated heterocycles. The van der Waals surface area contributed by atoms with Crippen molar-refractivity contribution in [3.8, 4) is 23.0 Å². The van der Waals surface area contributed by atoms with Crippen LogP contribution in [-0.2, 0) is 0 Å². The molecule has 0 bridgehead atoms. The zero-order valence-electron chi connectivity index (χ0n) is 26.2. The van der Waals surface area contributed by atoms with Crippen LogP contribution in [0.4, 0.5) is 5.69 Å². The van der Waals surface area contributed by atoms with Crippen molar-refractivity contribution in [2.24, 2.45) is 4.99 Å². The Labute approximate surface area is 276 Å². The number of aliphatic hydroxyl groups excluding tert-OH is 1. The van der Waals surface area contributed by atoms with Gasteiger partial charge in [-0.2, -0.15) is 0 Å². The summed E-state index contributed by atoms with van der Waals surface area (Å²) in [6.07, 6.45) is 0. The van der Waals surface area contributed by atoms with E-state index in [1.165, 1.54) is 0 Å². The quantitative estimate of drug-likeness (QED) is 0.0794. The fraction of sp³-hybridized carbons (Fsp3) is 0.0476. The summed E-state index contributed by atoms with van der Waals surface area (Å²) in [5.74, 6) is 0.918. The molecule has 0 unspecified atom stereocenters. The molecule has 232 valence electrons. The van der Waals surface area contributed by atoms with Gasteiger partial charge in [-0.15, -0.1) is 0 Å². The molecule has 0 aliphatic heterocycles. The summed E-state index contributed by atoms with van der Waals surface area (Å²) in [7, 11) is 0. The lowest BCUT2D eigenvalue weighted by Crippen LogP contribution is -2.07. The minimum Gasteiger partial charge on any atom is -0.493 e. The first-order valence-electron chi connectivity index (χ1n) is 15.6. The summed E-state index contributed by atoms with van der Waals surface area (Å²) in [6, 6.07) is 39.9. The maximum absolute atomic E-state index is 12.9. The molecule has 0 heterocycles. The Morgan fingerprint density at radius 1 is 0.542 bits per heavy atom. The molecule has 0 amide bonds. The summed E-state index contributed by atoms with van der Waals surface area (Å²) in [4.78, 5) is 17.5. The molecule has 6 heteroatoms. The number of aliphatic imine (C=N–C) groups is 1. The molecule has 6 nitrogen and oxygen atoms in total. The normalized spacial score (nSPS) is 11.9. The van der Waals surface area contributed by atoms with E-state index in [9.17, 15) is 15.0 Å². The molecule has 0 atom stereocenters. The smallest absolute Gasteiger partial charge is 0.336 e. The number of carboxylic acid groups (broad SMARTS) is 1. The first kappa shape index (κ1) is 29.0. The molecule has 8 rings (SSSR count). The number of rotatable bonds is 7. The maximum atomic E-state index is 12.9. The molecule has 8 aromatic rings. The summed E-state index contributed by atoms with van der Waals surface area (Å²) in [5, 5.41) is 28.5. The summed E-state index contributed by atoms with van der Waals surface area (Å²) >= 11 is 0. The highest BCUT2D eigenvalue weighted by molar-refractivity contribution is 6.38. The highest BCUT2D eigenvalue weighted by Gasteiger charge is 2.26. The van der Waals surface area contributed by atoms with Gasteiger partial charge in [0.1, 0.15) is 23.0 Å². The second-order valence-corrected chi connectivity index (χ2v) is 12.0. The monoisotopic (exact) mass is 627 g/mol. The van der Waals surface area contributed by atoms with Crippen LogP contribution in [0.2, 0.25) is 0 Å². The van der Waals surface area contributed by atoms with Crippen LogP contribution in [0.25, 0.3) is 43.1 Å². The average Bonchev–Trinajstić information content (AvgIpc) is 3.08. The third kappa shape index (κ3) is 4.91. The van der Waals surface area contributed by atoms with Gasteiger partial charge in [-0.25, -0.2) is 9.79 Å². The number of aliphatic hydroxyl groups is 1. The molecule has 0 saturated carbocycles. The van der Waals surface area contributed by atoms with Crippen LogP contribution >= 0.6 is 0 Å². The minimum atomic E-state index is -1.12. The number of aromatic carboxylic acids is 1. The van der Waals surface area contributed by atoms with Crippen molar-refractivity contribution >= 4 is 60.6 Å². The Morgan fingerprint density at radius 3 is 1.83 bits per heavy atom. The van der Waals surface area contributed by atoms with Crippen molar-refractivity contribution in [3.63, 3.8) is 0 Å². The molecule has 0 fully saturated rings. The molecule has 0 aliphatic carbocycles. The molecule has 48 heavy (non-hydrogen) atoms. The van der Waals surface area contributed by atoms with Crippen molar-refractivity contribution in [3.05, 3.63) is 150 Å². The zero-order chi connectivity index (χ0) is 32.9. The number of benzene rings is 8. The predicted molar refractivity (Wildman–Crippen MR) is 192 cm³/mol. The molecule has 0 aromatic heterocycles. The summed E-state index contributed by atoms with van der Waals surface area (Å²) in [5.41, 5.74) is 2.83. The SMILES string of the molecule is Cc1cc(C)cc(N=C(O)c2cc(Oc3ccccc3)c3c4cccc5ccc(Oc6ccccc6)c(c6ccc(C(=O)O)c2c63)c54)c1. The maximum Gasteiger partial charge on any atom is 0.336 e. The van der Waals surface area contributed by atoms with Crippen LogP contribution in [0.15, 0.2) is 132 Å². The van der Waals surface area contributed by atoms with Gasteiger partial charge in [-0.1, -0.05) is 72.8 Å². The van der Waals surface area contributed by atoms with Crippen molar-refractivity contribution in [2.75, 3.05) is 0 Å². The number of nitrogens with zero attached hydrogens (tertiary/aromatic N) is 1.